The summed E-state index contributed by atoms with van der Waals surface area (Å²) in [6.45, 7) is 9.16. The molecule has 1 aromatic rings. The summed E-state index contributed by atoms with van der Waals surface area (Å²) in [6.07, 6.45) is 1.79. The Morgan fingerprint density at radius 3 is 2.62 bits per heavy atom. The lowest BCUT2D eigenvalue weighted by Gasteiger charge is -2.26. The Balaban J connectivity index is 3.05. The number of amides is 1. The van der Waals surface area contributed by atoms with E-state index in [9.17, 15) is 4.79 Å². The topological polar surface area (TPSA) is 65.5 Å². The van der Waals surface area contributed by atoms with E-state index in [2.05, 4.69) is 17.2 Å². The Labute approximate surface area is 127 Å². The molecule has 21 heavy (non-hydrogen) atoms. The molecule has 0 bridgehead atoms. The normalized spacial score (nSPS) is 10.8. The predicted molar refractivity (Wildman–Crippen MR) is 85.7 cm³/mol. The highest BCUT2D eigenvalue weighted by molar-refractivity contribution is 5.95. The summed E-state index contributed by atoms with van der Waals surface area (Å²) < 4.78 is 0. The number of nitrogens with one attached hydrogen (secondary N) is 1. The third-order valence-corrected chi connectivity index (χ3v) is 3.27. The van der Waals surface area contributed by atoms with E-state index < -0.39 is 0 Å². The number of pyridine rings is 1. The van der Waals surface area contributed by atoms with Gasteiger partial charge in [0.15, 0.2) is 0 Å². The fourth-order valence-corrected chi connectivity index (χ4v) is 2.10. The molecule has 5 heteroatoms. The fourth-order valence-electron chi connectivity index (χ4n) is 2.10. The van der Waals surface area contributed by atoms with Gasteiger partial charge in [0.1, 0.15) is 5.82 Å². The van der Waals surface area contributed by atoms with Crippen LogP contribution in [0.1, 0.15) is 50.2 Å². The van der Waals surface area contributed by atoms with Crippen molar-refractivity contribution < 1.29 is 9.90 Å². The summed E-state index contributed by atoms with van der Waals surface area (Å²) in [5.41, 5.74) is 1.52. The minimum absolute atomic E-state index is 0.0312. The molecular formula is C16H27N3O2. The molecule has 0 aromatic carbocycles. The van der Waals surface area contributed by atoms with Gasteiger partial charge in [-0.05, 0) is 38.8 Å². The average molecular weight is 293 g/mol. The highest BCUT2D eigenvalue weighted by Crippen LogP contribution is 2.15. The monoisotopic (exact) mass is 293 g/mol. The summed E-state index contributed by atoms with van der Waals surface area (Å²) in [5.74, 6) is 0.683. The van der Waals surface area contributed by atoms with Gasteiger partial charge < -0.3 is 15.3 Å². The SMILES string of the molecule is CCCNc1cc(C(=O)N(CCO)C(C)C)cc(CC)n1. The van der Waals surface area contributed by atoms with Crippen molar-refractivity contribution in [1.29, 1.82) is 0 Å². The lowest BCUT2D eigenvalue weighted by molar-refractivity contribution is 0.0665. The van der Waals surface area contributed by atoms with Crippen molar-refractivity contribution in [2.75, 3.05) is 25.0 Å². The number of anilines is 1. The summed E-state index contributed by atoms with van der Waals surface area (Å²) >= 11 is 0. The quantitative estimate of drug-likeness (QED) is 0.772. The lowest BCUT2D eigenvalue weighted by atomic mass is 10.1. The summed E-state index contributed by atoms with van der Waals surface area (Å²) in [6, 6.07) is 3.69. The molecule has 1 heterocycles. The lowest BCUT2D eigenvalue weighted by Crippen LogP contribution is -2.39. The van der Waals surface area contributed by atoms with E-state index in [0.717, 1.165) is 30.9 Å². The number of aromatic nitrogens is 1. The van der Waals surface area contributed by atoms with Crippen molar-refractivity contribution in [1.82, 2.24) is 9.88 Å². The number of carbonyl (C=O) groups excluding carboxylic acids is 1. The minimum Gasteiger partial charge on any atom is -0.395 e. The number of hydrogen-bond donors (Lipinski definition) is 2. The number of rotatable bonds is 8. The molecule has 0 unspecified atom stereocenters. The van der Waals surface area contributed by atoms with Crippen LogP contribution in [0.4, 0.5) is 5.82 Å². The molecule has 1 aromatic heterocycles. The Kier molecular flexibility index (Phi) is 7.15. The smallest absolute Gasteiger partial charge is 0.254 e. The minimum atomic E-state index is -0.0595. The van der Waals surface area contributed by atoms with Gasteiger partial charge in [0.2, 0.25) is 0 Å². The molecule has 5 nitrogen and oxygen atoms in total. The highest BCUT2D eigenvalue weighted by Gasteiger charge is 2.19. The first kappa shape index (κ1) is 17.4. The van der Waals surface area contributed by atoms with E-state index >= 15 is 0 Å². The highest BCUT2D eigenvalue weighted by atomic mass is 16.3. The molecule has 0 fully saturated rings. The molecule has 0 saturated carbocycles. The van der Waals surface area contributed by atoms with Gasteiger partial charge in [0, 0.05) is 30.4 Å². The van der Waals surface area contributed by atoms with Crippen molar-refractivity contribution in [3.63, 3.8) is 0 Å². The van der Waals surface area contributed by atoms with E-state index in [0.29, 0.717) is 12.1 Å². The van der Waals surface area contributed by atoms with Crippen LogP contribution in [0.25, 0.3) is 0 Å². The molecule has 118 valence electrons. The maximum atomic E-state index is 12.6. The molecule has 0 aliphatic heterocycles. The molecule has 0 aliphatic carbocycles. The second-order valence-corrected chi connectivity index (χ2v) is 5.33. The van der Waals surface area contributed by atoms with Crippen LogP contribution in [0.15, 0.2) is 12.1 Å². The number of aryl methyl sites for hydroxylation is 1. The van der Waals surface area contributed by atoms with Gasteiger partial charge in [0.05, 0.1) is 6.61 Å². The number of nitrogens with zero attached hydrogens (tertiary/aromatic N) is 2. The molecule has 2 N–H and O–H groups in total. The first-order valence-corrected chi connectivity index (χ1v) is 7.70. The van der Waals surface area contributed by atoms with Gasteiger partial charge in [-0.3, -0.25) is 4.79 Å². The molecule has 0 radical (unpaired) electrons. The van der Waals surface area contributed by atoms with E-state index in [1.807, 2.05) is 26.8 Å². The number of carbonyl (C=O) groups is 1. The fraction of sp³-hybridized carbons (Fsp3) is 0.625. The summed E-state index contributed by atoms with van der Waals surface area (Å²) in [4.78, 5) is 18.8. The Morgan fingerprint density at radius 2 is 2.10 bits per heavy atom. The van der Waals surface area contributed by atoms with Gasteiger partial charge in [-0.15, -0.1) is 0 Å². The van der Waals surface area contributed by atoms with Gasteiger partial charge in [-0.2, -0.15) is 0 Å². The third-order valence-electron chi connectivity index (χ3n) is 3.27. The standard InChI is InChI=1S/C16H27N3O2/c1-5-7-17-15-11-13(10-14(6-2)18-15)16(21)19(8-9-20)12(3)4/h10-12,20H,5-9H2,1-4H3,(H,17,18). The average Bonchev–Trinajstić information content (AvgIpc) is 2.49. The zero-order valence-corrected chi connectivity index (χ0v) is 13.5. The van der Waals surface area contributed by atoms with E-state index in [-0.39, 0.29) is 18.6 Å². The van der Waals surface area contributed by atoms with Gasteiger partial charge >= 0.3 is 0 Å². The number of aliphatic hydroxyl groups is 1. The molecule has 0 atom stereocenters. The second kappa shape index (κ2) is 8.62. The van der Waals surface area contributed by atoms with Crippen LogP contribution in [0.2, 0.25) is 0 Å². The van der Waals surface area contributed by atoms with Crippen molar-refractivity contribution in [2.24, 2.45) is 0 Å². The van der Waals surface area contributed by atoms with Crippen LogP contribution in [0.3, 0.4) is 0 Å². The van der Waals surface area contributed by atoms with Gasteiger partial charge in [-0.1, -0.05) is 13.8 Å². The molecule has 0 aliphatic rings. The van der Waals surface area contributed by atoms with Crippen LogP contribution >= 0.6 is 0 Å². The van der Waals surface area contributed by atoms with Crippen molar-refractivity contribution in [3.05, 3.63) is 23.4 Å². The van der Waals surface area contributed by atoms with E-state index in [1.165, 1.54) is 0 Å². The zero-order valence-electron chi connectivity index (χ0n) is 13.5. The Bertz CT molecular complexity index is 461. The Hall–Kier alpha value is -1.62. The van der Waals surface area contributed by atoms with Crippen molar-refractivity contribution in [3.8, 4) is 0 Å². The summed E-state index contributed by atoms with van der Waals surface area (Å²) in [7, 11) is 0. The maximum absolute atomic E-state index is 12.6. The maximum Gasteiger partial charge on any atom is 0.254 e. The van der Waals surface area contributed by atoms with E-state index in [4.69, 9.17) is 5.11 Å². The molecule has 1 amide bonds. The van der Waals surface area contributed by atoms with Crippen LogP contribution in [0, 0.1) is 0 Å². The molecule has 0 spiro atoms. The molecular weight excluding hydrogens is 266 g/mol. The van der Waals surface area contributed by atoms with Gasteiger partial charge in [-0.25, -0.2) is 4.98 Å². The zero-order chi connectivity index (χ0) is 15.8. The molecule has 1 rings (SSSR count). The Morgan fingerprint density at radius 1 is 1.38 bits per heavy atom. The number of aliphatic hydroxyl groups excluding tert-OH is 1. The van der Waals surface area contributed by atoms with E-state index in [1.54, 1.807) is 11.0 Å². The third kappa shape index (κ3) is 5.01. The van der Waals surface area contributed by atoms with Gasteiger partial charge in [0.25, 0.3) is 5.91 Å². The number of hydrogen-bond acceptors (Lipinski definition) is 4. The molecule has 0 saturated heterocycles. The largest absolute Gasteiger partial charge is 0.395 e. The second-order valence-electron chi connectivity index (χ2n) is 5.33. The first-order chi connectivity index (χ1) is 10.0. The van der Waals surface area contributed by atoms with Crippen LogP contribution in [-0.2, 0) is 6.42 Å². The first-order valence-electron chi connectivity index (χ1n) is 7.70. The van der Waals surface area contributed by atoms with Crippen LogP contribution in [0.5, 0.6) is 0 Å². The van der Waals surface area contributed by atoms with Crippen molar-refractivity contribution >= 4 is 11.7 Å². The summed E-state index contributed by atoms with van der Waals surface area (Å²) in [5, 5.41) is 12.4. The predicted octanol–water partition coefficient (Wildman–Crippen LogP) is 2.31. The van der Waals surface area contributed by atoms with Crippen LogP contribution in [-0.4, -0.2) is 46.6 Å². The van der Waals surface area contributed by atoms with Crippen molar-refractivity contribution in [2.45, 2.75) is 46.6 Å². The van der Waals surface area contributed by atoms with Crippen LogP contribution < -0.4 is 5.32 Å².